The second-order valence-corrected chi connectivity index (χ2v) is 5.98. The molecule has 2 heterocycles. The number of halogens is 3. The summed E-state index contributed by atoms with van der Waals surface area (Å²) in [5, 5.41) is 0. The predicted molar refractivity (Wildman–Crippen MR) is 95.1 cm³/mol. The van der Waals surface area contributed by atoms with Crippen LogP contribution in [0.3, 0.4) is 0 Å². The molecular formula is C20H13F3N2O3. The molecule has 0 spiro atoms. The second-order valence-electron chi connectivity index (χ2n) is 5.98. The molecule has 28 heavy (non-hydrogen) atoms. The fourth-order valence-corrected chi connectivity index (χ4v) is 3.07. The van der Waals surface area contributed by atoms with Gasteiger partial charge in [-0.2, -0.15) is 0 Å². The normalized spacial score (nSPS) is 12.8. The topological polar surface area (TPSA) is 57.3 Å². The van der Waals surface area contributed by atoms with Crippen molar-refractivity contribution in [1.82, 2.24) is 9.55 Å². The second kappa shape index (κ2) is 6.88. The standard InChI is InChI=1S/C20H13F3N2O3/c21-20(22,23)28-14-10-8-13(9-11-14)18(15-5-3-4-12-24-15)25-16-6-1-2-7-17(16)27-19(25)26/h1-12,18H/t18-/m0/s1. The SMILES string of the molecule is O=c1oc2ccccc2n1[C@@H](c1ccc(OC(F)(F)F)cc1)c1ccccn1. The number of oxazole rings is 1. The van der Waals surface area contributed by atoms with Gasteiger partial charge in [0.1, 0.15) is 11.8 Å². The van der Waals surface area contributed by atoms with Gasteiger partial charge in [-0.15, -0.1) is 13.2 Å². The Morgan fingerprint density at radius 1 is 0.964 bits per heavy atom. The highest BCUT2D eigenvalue weighted by atomic mass is 19.4. The van der Waals surface area contributed by atoms with Gasteiger partial charge >= 0.3 is 12.1 Å². The van der Waals surface area contributed by atoms with E-state index in [0.717, 1.165) is 0 Å². The zero-order valence-corrected chi connectivity index (χ0v) is 14.3. The zero-order valence-electron chi connectivity index (χ0n) is 14.3. The molecule has 0 bridgehead atoms. The lowest BCUT2D eigenvalue weighted by Crippen LogP contribution is -2.23. The van der Waals surface area contributed by atoms with Crippen molar-refractivity contribution >= 4 is 11.1 Å². The summed E-state index contributed by atoms with van der Waals surface area (Å²) in [5.41, 5.74) is 2.06. The van der Waals surface area contributed by atoms with Crippen molar-refractivity contribution in [3.63, 3.8) is 0 Å². The van der Waals surface area contributed by atoms with Crippen LogP contribution in [0.1, 0.15) is 17.3 Å². The van der Waals surface area contributed by atoms with E-state index < -0.39 is 18.2 Å². The minimum absolute atomic E-state index is 0.347. The molecule has 0 N–H and O–H groups in total. The predicted octanol–water partition coefficient (Wildman–Crippen LogP) is 4.53. The van der Waals surface area contributed by atoms with Gasteiger partial charge < -0.3 is 9.15 Å². The first-order valence-corrected chi connectivity index (χ1v) is 8.29. The molecule has 1 atom stereocenters. The van der Waals surface area contributed by atoms with Gasteiger partial charge in [0, 0.05) is 6.20 Å². The number of hydrogen-bond acceptors (Lipinski definition) is 4. The van der Waals surface area contributed by atoms with Gasteiger partial charge in [0.05, 0.1) is 11.2 Å². The maximum atomic E-state index is 12.6. The number of para-hydroxylation sites is 2. The third-order valence-corrected chi connectivity index (χ3v) is 4.17. The minimum Gasteiger partial charge on any atom is -0.408 e. The number of rotatable bonds is 4. The van der Waals surface area contributed by atoms with Gasteiger partial charge in [0.25, 0.3) is 0 Å². The maximum absolute atomic E-state index is 12.6. The average molecular weight is 386 g/mol. The molecule has 142 valence electrons. The molecule has 4 aromatic rings. The largest absolute Gasteiger partial charge is 0.573 e. The molecular weight excluding hydrogens is 373 g/mol. The number of aromatic nitrogens is 2. The molecule has 0 aliphatic rings. The van der Waals surface area contributed by atoms with Crippen LogP contribution in [0.2, 0.25) is 0 Å². The van der Waals surface area contributed by atoms with Gasteiger partial charge in [-0.1, -0.05) is 30.3 Å². The lowest BCUT2D eigenvalue weighted by atomic mass is 10.0. The number of alkyl halides is 3. The molecule has 8 heteroatoms. The Morgan fingerprint density at radius 2 is 1.68 bits per heavy atom. The van der Waals surface area contributed by atoms with Gasteiger partial charge in [0.15, 0.2) is 5.58 Å². The van der Waals surface area contributed by atoms with E-state index in [1.165, 1.54) is 28.8 Å². The van der Waals surface area contributed by atoms with Crippen molar-refractivity contribution in [2.45, 2.75) is 12.4 Å². The van der Waals surface area contributed by atoms with Crippen LogP contribution in [0.5, 0.6) is 5.75 Å². The lowest BCUT2D eigenvalue weighted by molar-refractivity contribution is -0.274. The summed E-state index contributed by atoms with van der Waals surface area (Å²) in [4.78, 5) is 16.9. The van der Waals surface area contributed by atoms with Crippen molar-refractivity contribution in [3.8, 4) is 5.75 Å². The van der Waals surface area contributed by atoms with Gasteiger partial charge in [-0.25, -0.2) is 4.79 Å². The van der Waals surface area contributed by atoms with Crippen LogP contribution < -0.4 is 10.5 Å². The average Bonchev–Trinajstić information content (AvgIpc) is 2.99. The number of ether oxygens (including phenoxy) is 1. The van der Waals surface area contributed by atoms with Gasteiger partial charge in [-0.05, 0) is 42.0 Å². The fraction of sp³-hybridized carbons (Fsp3) is 0.100. The molecule has 2 aromatic carbocycles. The third kappa shape index (κ3) is 3.48. The quantitative estimate of drug-likeness (QED) is 0.517. The summed E-state index contributed by atoms with van der Waals surface area (Å²) in [6.45, 7) is 0. The molecule has 0 amide bonds. The smallest absolute Gasteiger partial charge is 0.408 e. The number of pyridine rings is 1. The first-order chi connectivity index (χ1) is 13.4. The van der Waals surface area contributed by atoms with Crippen LogP contribution in [0, 0.1) is 0 Å². The number of nitrogens with zero attached hydrogens (tertiary/aromatic N) is 2. The first-order valence-electron chi connectivity index (χ1n) is 8.29. The molecule has 0 radical (unpaired) electrons. The molecule has 0 unspecified atom stereocenters. The van der Waals surface area contributed by atoms with E-state index in [1.807, 2.05) is 0 Å². The van der Waals surface area contributed by atoms with Crippen LogP contribution in [0.15, 0.2) is 82.1 Å². The van der Waals surface area contributed by atoms with Crippen molar-refractivity contribution in [1.29, 1.82) is 0 Å². The molecule has 0 aliphatic carbocycles. The summed E-state index contributed by atoms with van der Waals surface area (Å²) in [5.74, 6) is -0.937. The Labute approximate surface area is 156 Å². The van der Waals surface area contributed by atoms with E-state index in [-0.39, 0.29) is 5.75 Å². The zero-order chi connectivity index (χ0) is 19.7. The molecule has 2 aromatic heterocycles. The summed E-state index contributed by atoms with van der Waals surface area (Å²) >= 11 is 0. The third-order valence-electron chi connectivity index (χ3n) is 4.17. The van der Waals surface area contributed by atoms with Crippen LogP contribution >= 0.6 is 0 Å². The molecule has 5 nitrogen and oxygen atoms in total. The molecule has 0 saturated heterocycles. The van der Waals surface area contributed by atoms with Crippen LogP contribution in [-0.2, 0) is 0 Å². The Balaban J connectivity index is 1.86. The van der Waals surface area contributed by atoms with Crippen molar-refractivity contribution in [2.24, 2.45) is 0 Å². The Bertz CT molecular complexity index is 1150. The summed E-state index contributed by atoms with van der Waals surface area (Å²) in [6, 6.07) is 16.8. The first kappa shape index (κ1) is 17.8. The lowest BCUT2D eigenvalue weighted by Gasteiger charge is -2.19. The molecule has 0 fully saturated rings. The van der Waals surface area contributed by atoms with Gasteiger partial charge in [-0.3, -0.25) is 9.55 Å². The van der Waals surface area contributed by atoms with E-state index >= 15 is 0 Å². The van der Waals surface area contributed by atoms with Gasteiger partial charge in [0.2, 0.25) is 0 Å². The highest BCUT2D eigenvalue weighted by molar-refractivity contribution is 5.73. The van der Waals surface area contributed by atoms with Crippen molar-refractivity contribution < 1.29 is 22.3 Å². The van der Waals surface area contributed by atoms with E-state index in [2.05, 4.69) is 9.72 Å². The van der Waals surface area contributed by atoms with E-state index in [4.69, 9.17) is 4.42 Å². The summed E-state index contributed by atoms with van der Waals surface area (Å²) in [7, 11) is 0. The van der Waals surface area contributed by atoms with Crippen LogP contribution in [0.25, 0.3) is 11.1 Å². The number of hydrogen-bond donors (Lipinski definition) is 0. The van der Waals surface area contributed by atoms with Crippen molar-refractivity contribution in [3.05, 3.63) is 94.7 Å². The summed E-state index contributed by atoms with van der Waals surface area (Å²) in [6.07, 6.45) is -3.20. The summed E-state index contributed by atoms with van der Waals surface area (Å²) < 4.78 is 47.9. The van der Waals surface area contributed by atoms with Crippen LogP contribution in [-0.4, -0.2) is 15.9 Å². The van der Waals surface area contributed by atoms with E-state index in [9.17, 15) is 18.0 Å². The Kier molecular flexibility index (Phi) is 4.38. The minimum atomic E-state index is -4.78. The maximum Gasteiger partial charge on any atom is 0.573 e. The van der Waals surface area contributed by atoms with Crippen LogP contribution in [0.4, 0.5) is 13.2 Å². The van der Waals surface area contributed by atoms with E-state index in [0.29, 0.717) is 22.4 Å². The van der Waals surface area contributed by atoms with Crippen molar-refractivity contribution in [2.75, 3.05) is 0 Å². The highest BCUT2D eigenvalue weighted by Gasteiger charge is 2.31. The highest BCUT2D eigenvalue weighted by Crippen LogP contribution is 2.30. The number of fused-ring (bicyclic) bond motifs is 1. The Hall–Kier alpha value is -3.55. The molecule has 0 aliphatic heterocycles. The monoisotopic (exact) mass is 386 g/mol. The van der Waals surface area contributed by atoms with E-state index in [1.54, 1.807) is 48.7 Å². The molecule has 0 saturated carbocycles. The molecule has 4 rings (SSSR count). The Morgan fingerprint density at radius 3 is 2.36 bits per heavy atom. The fourth-order valence-electron chi connectivity index (χ4n) is 3.07. The number of benzene rings is 2.